The van der Waals surface area contributed by atoms with Crippen LogP contribution < -0.4 is 10.6 Å². The molecular weight excluding hydrogens is 340 g/mol. The van der Waals surface area contributed by atoms with E-state index in [4.69, 9.17) is 0 Å². The van der Waals surface area contributed by atoms with Crippen molar-refractivity contribution in [3.05, 3.63) is 42.8 Å². The van der Waals surface area contributed by atoms with E-state index >= 15 is 0 Å². The highest BCUT2D eigenvalue weighted by Crippen LogP contribution is 2.26. The molecule has 0 unspecified atom stereocenters. The van der Waals surface area contributed by atoms with E-state index < -0.39 is 0 Å². The zero-order chi connectivity index (χ0) is 17.9. The lowest BCUT2D eigenvalue weighted by molar-refractivity contribution is -0.120. The molecule has 0 bridgehead atoms. The van der Waals surface area contributed by atoms with Gasteiger partial charge in [0.25, 0.3) is 5.91 Å². The second-order valence-electron chi connectivity index (χ2n) is 5.91. The highest BCUT2D eigenvalue weighted by atomic mass is 32.1. The fourth-order valence-electron chi connectivity index (χ4n) is 2.68. The summed E-state index contributed by atoms with van der Waals surface area (Å²) in [6, 6.07) is 3.93. The van der Waals surface area contributed by atoms with Crippen LogP contribution in [0.1, 0.15) is 55.3 Å². The lowest BCUT2D eigenvalue weighted by atomic mass is 10.1. The highest BCUT2D eigenvalue weighted by molar-refractivity contribution is 7.14. The van der Waals surface area contributed by atoms with Crippen molar-refractivity contribution in [1.29, 1.82) is 0 Å². The van der Waals surface area contributed by atoms with E-state index in [0.29, 0.717) is 4.88 Å². The molecule has 1 atom stereocenters. The lowest BCUT2D eigenvalue weighted by Crippen LogP contribution is -2.37. The zero-order valence-corrected chi connectivity index (χ0v) is 16.4. The molecule has 0 saturated heterocycles. The summed E-state index contributed by atoms with van der Waals surface area (Å²) in [7, 11) is 0. The van der Waals surface area contributed by atoms with E-state index in [9.17, 15) is 9.59 Å². The van der Waals surface area contributed by atoms with Gasteiger partial charge in [-0.15, -0.1) is 22.7 Å². The minimum Gasteiger partial charge on any atom is -0.348 e. The van der Waals surface area contributed by atoms with E-state index in [1.165, 1.54) is 26.0 Å². The van der Waals surface area contributed by atoms with Gasteiger partial charge in [-0.2, -0.15) is 0 Å². The summed E-state index contributed by atoms with van der Waals surface area (Å²) < 4.78 is 0. The van der Waals surface area contributed by atoms with Crippen molar-refractivity contribution in [2.45, 2.75) is 47.1 Å². The highest BCUT2D eigenvalue weighted by Gasteiger charge is 2.16. The van der Waals surface area contributed by atoms with Crippen molar-refractivity contribution in [3.8, 4) is 0 Å². The topological polar surface area (TPSA) is 58.2 Å². The predicted molar refractivity (Wildman–Crippen MR) is 101 cm³/mol. The first-order valence-corrected chi connectivity index (χ1v) is 9.68. The number of amides is 2. The quantitative estimate of drug-likeness (QED) is 0.816. The molecule has 0 fully saturated rings. The van der Waals surface area contributed by atoms with Crippen LogP contribution in [0, 0.1) is 20.8 Å². The lowest BCUT2D eigenvalue weighted by Gasteiger charge is -2.14. The van der Waals surface area contributed by atoms with Gasteiger partial charge in [-0.05, 0) is 57.4 Å². The van der Waals surface area contributed by atoms with Gasteiger partial charge in [0.15, 0.2) is 0 Å². The molecule has 2 aromatic heterocycles. The Morgan fingerprint density at radius 1 is 1.17 bits per heavy atom. The van der Waals surface area contributed by atoms with Gasteiger partial charge in [0.1, 0.15) is 0 Å². The van der Waals surface area contributed by atoms with Crippen molar-refractivity contribution in [2.24, 2.45) is 0 Å². The van der Waals surface area contributed by atoms with Crippen molar-refractivity contribution in [2.75, 3.05) is 6.54 Å². The maximum Gasteiger partial charge on any atom is 0.261 e. The van der Waals surface area contributed by atoms with E-state index in [2.05, 4.69) is 37.5 Å². The van der Waals surface area contributed by atoms with Crippen LogP contribution in [0.15, 0.2) is 12.1 Å². The summed E-state index contributed by atoms with van der Waals surface area (Å²) in [5.74, 6) is -0.365. The summed E-state index contributed by atoms with van der Waals surface area (Å²) in [4.78, 5) is 28.6. The van der Waals surface area contributed by atoms with Crippen molar-refractivity contribution >= 4 is 34.5 Å². The SMILES string of the molecule is CCc1sc(C(=O)NCC(=O)N[C@@H](C)c2cc(C)sc2C)cc1C. The molecule has 2 heterocycles. The van der Waals surface area contributed by atoms with E-state index in [0.717, 1.165) is 17.5 Å². The van der Waals surface area contributed by atoms with E-state index in [1.807, 2.05) is 19.9 Å². The van der Waals surface area contributed by atoms with Gasteiger partial charge in [0, 0.05) is 14.6 Å². The Balaban J connectivity index is 1.88. The van der Waals surface area contributed by atoms with Gasteiger partial charge in [0.05, 0.1) is 17.5 Å². The molecule has 4 nitrogen and oxygen atoms in total. The number of nitrogens with one attached hydrogen (secondary N) is 2. The van der Waals surface area contributed by atoms with Gasteiger partial charge in [-0.1, -0.05) is 6.92 Å². The molecule has 2 N–H and O–H groups in total. The molecule has 2 amide bonds. The number of carbonyl (C=O) groups is 2. The van der Waals surface area contributed by atoms with Crippen LogP contribution in [-0.4, -0.2) is 18.4 Å². The Labute approximate surface area is 151 Å². The number of hydrogen-bond acceptors (Lipinski definition) is 4. The third-order valence-corrected chi connectivity index (χ3v) is 6.26. The molecule has 0 aliphatic heterocycles. The molecule has 2 rings (SSSR count). The predicted octanol–water partition coefficient (Wildman–Crippen LogP) is 3.90. The Hall–Kier alpha value is -1.66. The van der Waals surface area contributed by atoms with Gasteiger partial charge >= 0.3 is 0 Å². The Kier molecular flexibility index (Phi) is 6.18. The number of rotatable bonds is 6. The standard InChI is InChI=1S/C18H24N2O2S2/c1-6-15-10(2)7-16(24-15)18(22)19-9-17(21)20-12(4)14-8-11(3)23-13(14)5/h7-8,12H,6,9H2,1-5H3,(H,19,22)(H,20,21)/t12-/m0/s1. The van der Waals surface area contributed by atoms with Crippen LogP contribution in [0.2, 0.25) is 0 Å². The molecule has 0 spiro atoms. The Morgan fingerprint density at radius 3 is 2.42 bits per heavy atom. The van der Waals surface area contributed by atoms with Crippen LogP contribution in [0.25, 0.3) is 0 Å². The average molecular weight is 365 g/mol. The van der Waals surface area contributed by atoms with Gasteiger partial charge in [-0.3, -0.25) is 9.59 Å². The van der Waals surface area contributed by atoms with Crippen LogP contribution in [0.3, 0.4) is 0 Å². The van der Waals surface area contributed by atoms with Gasteiger partial charge in [0.2, 0.25) is 5.91 Å². The van der Waals surface area contributed by atoms with E-state index in [1.54, 1.807) is 11.3 Å². The third-order valence-electron chi connectivity index (χ3n) is 3.90. The molecule has 24 heavy (non-hydrogen) atoms. The molecule has 0 aliphatic rings. The molecule has 130 valence electrons. The van der Waals surface area contributed by atoms with Gasteiger partial charge < -0.3 is 10.6 Å². The van der Waals surface area contributed by atoms with Crippen LogP contribution >= 0.6 is 22.7 Å². The molecular formula is C18H24N2O2S2. The molecule has 0 radical (unpaired) electrons. The second kappa shape index (κ2) is 7.94. The smallest absolute Gasteiger partial charge is 0.261 e. The average Bonchev–Trinajstić information content (AvgIpc) is 3.06. The summed E-state index contributed by atoms with van der Waals surface area (Å²) in [6.07, 6.45) is 0.918. The third kappa shape index (κ3) is 4.45. The van der Waals surface area contributed by atoms with E-state index in [-0.39, 0.29) is 24.4 Å². The molecule has 0 saturated carbocycles. The first-order valence-electron chi connectivity index (χ1n) is 8.05. The fraction of sp³-hybridized carbons (Fsp3) is 0.444. The summed E-state index contributed by atoms with van der Waals surface area (Å²) in [6.45, 7) is 10.1. The van der Waals surface area contributed by atoms with Crippen LogP contribution in [0.4, 0.5) is 0 Å². The van der Waals surface area contributed by atoms with Crippen molar-refractivity contribution in [3.63, 3.8) is 0 Å². The summed E-state index contributed by atoms with van der Waals surface area (Å²) in [5.41, 5.74) is 2.27. The maximum atomic E-state index is 12.2. The normalized spacial score (nSPS) is 12.0. The maximum absolute atomic E-state index is 12.2. The van der Waals surface area contributed by atoms with Gasteiger partial charge in [-0.25, -0.2) is 0 Å². The molecule has 0 aliphatic carbocycles. The van der Waals surface area contributed by atoms with Crippen molar-refractivity contribution < 1.29 is 9.59 Å². The first kappa shape index (κ1) is 18.7. The van der Waals surface area contributed by atoms with Crippen LogP contribution in [0.5, 0.6) is 0 Å². The molecule has 2 aromatic rings. The number of thiophene rings is 2. The summed E-state index contributed by atoms with van der Waals surface area (Å²) >= 11 is 3.22. The van der Waals surface area contributed by atoms with Crippen LogP contribution in [-0.2, 0) is 11.2 Å². The molecule has 0 aromatic carbocycles. The largest absolute Gasteiger partial charge is 0.348 e. The fourth-order valence-corrected chi connectivity index (χ4v) is 4.73. The summed E-state index contributed by atoms with van der Waals surface area (Å²) in [5, 5.41) is 5.64. The Morgan fingerprint density at radius 2 is 1.88 bits per heavy atom. The zero-order valence-electron chi connectivity index (χ0n) is 14.8. The number of carbonyl (C=O) groups excluding carboxylic acids is 2. The first-order chi connectivity index (χ1) is 11.3. The molecule has 6 heteroatoms. The Bertz CT molecular complexity index is 746. The minimum absolute atomic E-state index is 0.0102. The number of aryl methyl sites for hydroxylation is 4. The monoisotopic (exact) mass is 364 g/mol. The van der Waals surface area contributed by atoms with Crippen molar-refractivity contribution in [1.82, 2.24) is 10.6 Å². The second-order valence-corrected chi connectivity index (χ2v) is 8.51. The minimum atomic E-state index is -0.187. The number of hydrogen-bond donors (Lipinski definition) is 2.